The Balaban J connectivity index is 1.87. The fourth-order valence-corrected chi connectivity index (χ4v) is 3.06. The van der Waals surface area contributed by atoms with Gasteiger partial charge in [-0.25, -0.2) is 0 Å². The van der Waals surface area contributed by atoms with E-state index in [0.717, 1.165) is 12.5 Å². The number of rotatable bonds is 3. The maximum absolute atomic E-state index is 3.55. The van der Waals surface area contributed by atoms with E-state index in [4.69, 9.17) is 0 Å². The van der Waals surface area contributed by atoms with Crippen molar-refractivity contribution in [3.05, 3.63) is 12.2 Å². The van der Waals surface area contributed by atoms with Gasteiger partial charge in [-0.3, -0.25) is 4.90 Å². The van der Waals surface area contributed by atoms with Gasteiger partial charge in [0, 0.05) is 19.6 Å². The molecular formula is C14H26N2. The topological polar surface area (TPSA) is 15.3 Å². The molecule has 0 radical (unpaired) electrons. The van der Waals surface area contributed by atoms with Crippen LogP contribution in [0.4, 0.5) is 0 Å². The second-order valence-electron chi connectivity index (χ2n) is 6.03. The van der Waals surface area contributed by atoms with Crippen LogP contribution < -0.4 is 5.32 Å². The van der Waals surface area contributed by atoms with Crippen LogP contribution in [-0.4, -0.2) is 37.6 Å². The van der Waals surface area contributed by atoms with E-state index in [9.17, 15) is 0 Å². The zero-order valence-electron chi connectivity index (χ0n) is 10.8. The number of nitrogens with one attached hydrogen (secondary N) is 1. The van der Waals surface area contributed by atoms with Gasteiger partial charge >= 0.3 is 0 Å². The van der Waals surface area contributed by atoms with Crippen molar-refractivity contribution >= 4 is 0 Å². The van der Waals surface area contributed by atoms with E-state index < -0.39 is 0 Å². The highest BCUT2D eigenvalue weighted by atomic mass is 15.1. The van der Waals surface area contributed by atoms with Crippen molar-refractivity contribution in [1.29, 1.82) is 0 Å². The zero-order chi connectivity index (χ0) is 11.4. The van der Waals surface area contributed by atoms with Gasteiger partial charge in [-0.2, -0.15) is 0 Å². The van der Waals surface area contributed by atoms with Crippen molar-refractivity contribution in [3.8, 4) is 0 Å². The van der Waals surface area contributed by atoms with Crippen LogP contribution in [0.5, 0.6) is 0 Å². The second kappa shape index (κ2) is 5.33. The SMILES string of the molecule is CC(C)(CN1CC=CCC1)C1CCCNC1. The van der Waals surface area contributed by atoms with Crippen LogP contribution >= 0.6 is 0 Å². The van der Waals surface area contributed by atoms with Crippen molar-refractivity contribution in [1.82, 2.24) is 10.2 Å². The van der Waals surface area contributed by atoms with Gasteiger partial charge in [0.15, 0.2) is 0 Å². The standard InChI is InChI=1S/C14H26N2/c1-14(2,13-7-6-8-15-11-13)12-16-9-4-3-5-10-16/h3-4,13,15H,5-12H2,1-2H3. The molecule has 1 N–H and O–H groups in total. The Kier molecular flexibility index (Phi) is 4.04. The maximum Gasteiger partial charge on any atom is 0.0163 e. The van der Waals surface area contributed by atoms with E-state index in [1.54, 1.807) is 0 Å². The highest BCUT2D eigenvalue weighted by Gasteiger charge is 2.32. The van der Waals surface area contributed by atoms with E-state index in [0.29, 0.717) is 5.41 Å². The Bertz CT molecular complexity index is 239. The van der Waals surface area contributed by atoms with Crippen LogP contribution in [0.15, 0.2) is 12.2 Å². The van der Waals surface area contributed by atoms with E-state index in [-0.39, 0.29) is 0 Å². The lowest BCUT2D eigenvalue weighted by Gasteiger charge is -2.41. The molecule has 0 saturated carbocycles. The van der Waals surface area contributed by atoms with Gasteiger partial charge in [0.25, 0.3) is 0 Å². The second-order valence-corrected chi connectivity index (χ2v) is 6.03. The third-order valence-electron chi connectivity index (χ3n) is 4.18. The molecule has 1 saturated heterocycles. The molecule has 1 unspecified atom stereocenters. The van der Waals surface area contributed by atoms with Gasteiger partial charge in [-0.15, -0.1) is 0 Å². The lowest BCUT2D eigenvalue weighted by Crippen LogP contribution is -2.45. The van der Waals surface area contributed by atoms with Crippen molar-refractivity contribution in [2.45, 2.75) is 33.1 Å². The first-order valence-electron chi connectivity index (χ1n) is 6.76. The van der Waals surface area contributed by atoms with Crippen LogP contribution in [0, 0.1) is 11.3 Å². The van der Waals surface area contributed by atoms with Gasteiger partial charge in [-0.05, 0) is 43.7 Å². The minimum absolute atomic E-state index is 0.457. The third kappa shape index (κ3) is 3.08. The molecule has 0 aromatic carbocycles. The lowest BCUT2D eigenvalue weighted by molar-refractivity contribution is 0.106. The summed E-state index contributed by atoms with van der Waals surface area (Å²) in [6.07, 6.45) is 8.63. The molecule has 2 rings (SSSR count). The monoisotopic (exact) mass is 222 g/mol. The molecule has 1 fully saturated rings. The van der Waals surface area contributed by atoms with Crippen molar-refractivity contribution in [2.75, 3.05) is 32.7 Å². The molecule has 1 atom stereocenters. The van der Waals surface area contributed by atoms with Gasteiger partial charge < -0.3 is 5.32 Å². The highest BCUT2D eigenvalue weighted by Crippen LogP contribution is 2.32. The lowest BCUT2D eigenvalue weighted by atomic mass is 9.74. The van der Waals surface area contributed by atoms with Crippen LogP contribution in [0.25, 0.3) is 0 Å². The molecule has 0 aliphatic carbocycles. The molecule has 0 aromatic rings. The smallest absolute Gasteiger partial charge is 0.0163 e. The van der Waals surface area contributed by atoms with E-state index in [2.05, 4.69) is 36.2 Å². The summed E-state index contributed by atoms with van der Waals surface area (Å²) >= 11 is 0. The van der Waals surface area contributed by atoms with E-state index in [1.165, 1.54) is 45.4 Å². The minimum Gasteiger partial charge on any atom is -0.316 e. The fraction of sp³-hybridized carbons (Fsp3) is 0.857. The molecule has 16 heavy (non-hydrogen) atoms. The summed E-state index contributed by atoms with van der Waals surface area (Å²) in [4.78, 5) is 2.61. The van der Waals surface area contributed by atoms with Crippen LogP contribution in [0.1, 0.15) is 33.1 Å². The normalized spacial score (nSPS) is 28.2. The number of hydrogen-bond acceptors (Lipinski definition) is 2. The molecule has 0 aromatic heterocycles. The molecule has 2 nitrogen and oxygen atoms in total. The summed E-state index contributed by atoms with van der Waals surface area (Å²) in [5, 5.41) is 3.55. The predicted octanol–water partition coefficient (Wildman–Crippen LogP) is 2.27. The van der Waals surface area contributed by atoms with Gasteiger partial charge in [0.05, 0.1) is 0 Å². The highest BCUT2D eigenvalue weighted by molar-refractivity contribution is 4.93. The predicted molar refractivity (Wildman–Crippen MR) is 69.6 cm³/mol. The first-order valence-corrected chi connectivity index (χ1v) is 6.76. The molecule has 0 spiro atoms. The van der Waals surface area contributed by atoms with Crippen molar-refractivity contribution < 1.29 is 0 Å². The maximum atomic E-state index is 3.55. The Hall–Kier alpha value is -0.340. The summed E-state index contributed by atoms with van der Waals surface area (Å²) in [6.45, 7) is 11.0. The van der Waals surface area contributed by atoms with Crippen LogP contribution in [0.2, 0.25) is 0 Å². The number of hydrogen-bond donors (Lipinski definition) is 1. The Labute approximate surface area is 100 Å². The molecular weight excluding hydrogens is 196 g/mol. The molecule has 0 amide bonds. The summed E-state index contributed by atoms with van der Waals surface area (Å²) in [5.74, 6) is 0.854. The molecule has 2 heterocycles. The van der Waals surface area contributed by atoms with Crippen LogP contribution in [0.3, 0.4) is 0 Å². The number of nitrogens with zero attached hydrogens (tertiary/aromatic N) is 1. The summed E-state index contributed by atoms with van der Waals surface area (Å²) in [7, 11) is 0. The van der Waals surface area contributed by atoms with Crippen molar-refractivity contribution in [3.63, 3.8) is 0 Å². The molecule has 2 heteroatoms. The zero-order valence-corrected chi connectivity index (χ0v) is 10.8. The van der Waals surface area contributed by atoms with Gasteiger partial charge in [0.1, 0.15) is 0 Å². The molecule has 92 valence electrons. The van der Waals surface area contributed by atoms with Crippen LogP contribution in [-0.2, 0) is 0 Å². The fourth-order valence-electron chi connectivity index (χ4n) is 3.06. The average molecular weight is 222 g/mol. The Morgan fingerprint density at radius 1 is 1.38 bits per heavy atom. The van der Waals surface area contributed by atoms with E-state index in [1.807, 2.05) is 0 Å². The van der Waals surface area contributed by atoms with Gasteiger partial charge in [-0.1, -0.05) is 26.0 Å². The Morgan fingerprint density at radius 2 is 2.25 bits per heavy atom. The van der Waals surface area contributed by atoms with Gasteiger partial charge in [0.2, 0.25) is 0 Å². The third-order valence-corrected chi connectivity index (χ3v) is 4.18. The largest absolute Gasteiger partial charge is 0.316 e. The summed E-state index contributed by atoms with van der Waals surface area (Å²) in [5.41, 5.74) is 0.457. The Morgan fingerprint density at radius 3 is 2.88 bits per heavy atom. The molecule has 2 aliphatic rings. The van der Waals surface area contributed by atoms with Crippen molar-refractivity contribution in [2.24, 2.45) is 11.3 Å². The summed E-state index contributed by atoms with van der Waals surface area (Å²) in [6, 6.07) is 0. The first kappa shape index (κ1) is 12.1. The van der Waals surface area contributed by atoms with E-state index >= 15 is 0 Å². The molecule has 0 bridgehead atoms. The molecule has 2 aliphatic heterocycles. The average Bonchev–Trinajstić information content (AvgIpc) is 2.31. The number of piperidine rings is 1. The minimum atomic E-state index is 0.457. The quantitative estimate of drug-likeness (QED) is 0.737. The summed E-state index contributed by atoms with van der Waals surface area (Å²) < 4.78 is 0. The first-order chi connectivity index (χ1) is 7.68.